The molecule has 2 amide bonds. The molecule has 1 atom stereocenters. The van der Waals surface area contributed by atoms with Crippen molar-refractivity contribution in [1.29, 1.82) is 0 Å². The van der Waals surface area contributed by atoms with Crippen LogP contribution in [0.5, 0.6) is 0 Å². The van der Waals surface area contributed by atoms with Crippen molar-refractivity contribution in [2.75, 3.05) is 26.2 Å². The number of hydrogen-bond donors (Lipinski definition) is 3. The molecule has 3 aromatic rings. The quantitative estimate of drug-likeness (QED) is 0.424. The molecule has 4 rings (SSSR count). The number of fused-ring (bicyclic) bond motifs is 1. The molecule has 1 saturated heterocycles. The van der Waals surface area contributed by atoms with Gasteiger partial charge in [-0.2, -0.15) is 4.31 Å². The molecule has 0 radical (unpaired) electrons. The molecule has 0 aliphatic carbocycles. The first-order valence-corrected chi connectivity index (χ1v) is 12.5. The number of amides is 2. The van der Waals surface area contributed by atoms with Crippen LogP contribution in [0.2, 0.25) is 0 Å². The first kappa shape index (κ1) is 23.4. The Morgan fingerprint density at radius 3 is 2.70 bits per heavy atom. The van der Waals surface area contributed by atoms with Crippen molar-refractivity contribution < 1.29 is 22.7 Å². The molecule has 1 fully saturated rings. The summed E-state index contributed by atoms with van der Waals surface area (Å²) < 4.78 is 34.5. The normalized spacial score (nSPS) is 17.2. The number of ether oxygens (including phenoxy) is 1. The summed E-state index contributed by atoms with van der Waals surface area (Å²) >= 11 is 3.33. The maximum atomic E-state index is 13.6. The second kappa shape index (κ2) is 9.64. The smallest absolute Gasteiger partial charge is 0.266 e. The van der Waals surface area contributed by atoms with Gasteiger partial charge in [-0.3, -0.25) is 9.59 Å². The van der Waals surface area contributed by atoms with E-state index in [1.807, 2.05) is 30.3 Å². The van der Waals surface area contributed by atoms with E-state index in [0.29, 0.717) is 28.3 Å². The van der Waals surface area contributed by atoms with Gasteiger partial charge in [-0.15, -0.1) is 0 Å². The maximum Gasteiger partial charge on any atom is 0.266 e. The van der Waals surface area contributed by atoms with Crippen LogP contribution in [0.3, 0.4) is 0 Å². The number of hydrogen-bond acceptors (Lipinski definition) is 5. The molecule has 9 nitrogen and oxygen atoms in total. The number of morpholine rings is 1. The van der Waals surface area contributed by atoms with Crippen LogP contribution in [0.15, 0.2) is 57.9 Å². The van der Waals surface area contributed by atoms with E-state index in [1.54, 1.807) is 18.2 Å². The van der Waals surface area contributed by atoms with Crippen molar-refractivity contribution in [3.63, 3.8) is 0 Å². The molecule has 1 unspecified atom stereocenters. The molecule has 4 N–H and O–H groups in total. The topological polar surface area (TPSA) is 135 Å². The van der Waals surface area contributed by atoms with E-state index in [1.165, 1.54) is 0 Å². The van der Waals surface area contributed by atoms with Crippen molar-refractivity contribution >= 4 is 48.7 Å². The number of rotatable bonds is 7. The summed E-state index contributed by atoms with van der Waals surface area (Å²) in [5.74, 6) is -1.27. The highest BCUT2D eigenvalue weighted by Crippen LogP contribution is 2.32. The van der Waals surface area contributed by atoms with Crippen LogP contribution >= 0.6 is 15.9 Å². The summed E-state index contributed by atoms with van der Waals surface area (Å²) in [7, 11) is -4.15. The maximum absolute atomic E-state index is 13.6. The Bertz CT molecular complexity index is 1290. The number of sulfonamides is 1. The number of nitrogens with two attached hydrogens (primary N) is 1. The Labute approximate surface area is 199 Å². The van der Waals surface area contributed by atoms with Gasteiger partial charge in [0.05, 0.1) is 6.61 Å². The minimum absolute atomic E-state index is 0.0496. The molecule has 1 aliphatic heterocycles. The van der Waals surface area contributed by atoms with Gasteiger partial charge in [0.1, 0.15) is 16.7 Å². The zero-order chi connectivity index (χ0) is 23.6. The fourth-order valence-electron chi connectivity index (χ4n) is 3.80. The number of carbonyl (C=O) groups excluding carboxylic acids is 2. The van der Waals surface area contributed by atoms with Crippen molar-refractivity contribution in [1.82, 2.24) is 14.6 Å². The van der Waals surface area contributed by atoms with Gasteiger partial charge in [-0.05, 0) is 30.2 Å². The molecule has 0 bridgehead atoms. The van der Waals surface area contributed by atoms with Gasteiger partial charge in [0.25, 0.3) is 11.8 Å². The highest BCUT2D eigenvalue weighted by molar-refractivity contribution is 9.10. The highest BCUT2D eigenvalue weighted by Gasteiger charge is 2.37. The molecule has 1 aliphatic rings. The number of aromatic amines is 1. The number of H-pyrrole nitrogens is 1. The predicted octanol–water partition coefficient (Wildman–Crippen LogP) is 1.78. The lowest BCUT2D eigenvalue weighted by Gasteiger charge is -2.31. The highest BCUT2D eigenvalue weighted by atomic mass is 79.9. The largest absolute Gasteiger partial charge is 0.366 e. The van der Waals surface area contributed by atoms with Gasteiger partial charge < -0.3 is 20.8 Å². The summed E-state index contributed by atoms with van der Waals surface area (Å²) in [6.07, 6.45) is -0.314. The molecule has 0 saturated carbocycles. The Morgan fingerprint density at radius 1 is 1.21 bits per heavy atom. The number of halogens is 1. The zero-order valence-corrected chi connectivity index (χ0v) is 20.0. The van der Waals surface area contributed by atoms with Gasteiger partial charge in [0.15, 0.2) is 0 Å². The number of nitrogens with zero attached hydrogens (tertiary/aromatic N) is 1. The Hall–Kier alpha value is -2.73. The third-order valence-electron chi connectivity index (χ3n) is 5.43. The molecular weight excluding hydrogens is 512 g/mol. The van der Waals surface area contributed by atoms with Crippen molar-refractivity contribution in [3.8, 4) is 0 Å². The van der Waals surface area contributed by atoms with Crippen LogP contribution in [-0.4, -0.2) is 61.9 Å². The number of primary amides is 1. The van der Waals surface area contributed by atoms with Crippen molar-refractivity contribution in [3.05, 3.63) is 64.3 Å². The minimum atomic E-state index is -4.15. The average molecular weight is 535 g/mol. The molecule has 11 heteroatoms. The van der Waals surface area contributed by atoms with Gasteiger partial charge >= 0.3 is 0 Å². The lowest BCUT2D eigenvalue weighted by atomic mass is 10.1. The molecule has 174 valence electrons. The molecule has 2 heterocycles. The number of benzene rings is 2. The van der Waals surface area contributed by atoms with E-state index >= 15 is 0 Å². The number of aromatic nitrogens is 1. The van der Waals surface area contributed by atoms with E-state index in [0.717, 1.165) is 9.87 Å². The third kappa shape index (κ3) is 4.96. The Morgan fingerprint density at radius 2 is 1.97 bits per heavy atom. The molecule has 1 aromatic heterocycles. The van der Waals surface area contributed by atoms with Gasteiger partial charge in [-0.1, -0.05) is 46.3 Å². The third-order valence-corrected chi connectivity index (χ3v) is 7.88. The van der Waals surface area contributed by atoms with Crippen molar-refractivity contribution in [2.24, 2.45) is 5.73 Å². The minimum Gasteiger partial charge on any atom is -0.366 e. The van der Waals surface area contributed by atoms with Crippen LogP contribution in [-0.2, 0) is 26.0 Å². The lowest BCUT2D eigenvalue weighted by Crippen LogP contribution is -2.51. The summed E-state index contributed by atoms with van der Waals surface area (Å²) in [4.78, 5) is 27.3. The SMILES string of the molecule is NC(=O)c1[nH]c2ccc(Br)cc2c1S(=O)(=O)N1CCOC(C(=O)NCCc2ccccc2)C1. The van der Waals surface area contributed by atoms with Gasteiger partial charge in [-0.25, -0.2) is 8.42 Å². The van der Waals surface area contributed by atoms with Gasteiger partial charge in [0, 0.05) is 35.0 Å². The van der Waals surface area contributed by atoms with Crippen LogP contribution in [0.25, 0.3) is 10.9 Å². The molecule has 33 heavy (non-hydrogen) atoms. The van der Waals surface area contributed by atoms with E-state index in [4.69, 9.17) is 10.5 Å². The van der Waals surface area contributed by atoms with Crippen LogP contribution in [0, 0.1) is 0 Å². The van der Waals surface area contributed by atoms with Gasteiger partial charge in [0.2, 0.25) is 10.0 Å². The Balaban J connectivity index is 1.53. The first-order valence-electron chi connectivity index (χ1n) is 10.3. The van der Waals surface area contributed by atoms with E-state index in [9.17, 15) is 18.0 Å². The van der Waals surface area contributed by atoms with E-state index in [-0.39, 0.29) is 36.2 Å². The monoisotopic (exact) mass is 534 g/mol. The van der Waals surface area contributed by atoms with Crippen LogP contribution in [0.4, 0.5) is 0 Å². The average Bonchev–Trinajstić information content (AvgIpc) is 3.19. The van der Waals surface area contributed by atoms with Crippen LogP contribution in [0.1, 0.15) is 16.1 Å². The summed E-state index contributed by atoms with van der Waals surface area (Å²) in [6, 6.07) is 14.7. The second-order valence-corrected chi connectivity index (χ2v) is 10.4. The fourth-order valence-corrected chi connectivity index (χ4v) is 5.92. The first-order chi connectivity index (χ1) is 15.8. The van der Waals surface area contributed by atoms with Crippen LogP contribution < -0.4 is 11.1 Å². The second-order valence-electron chi connectivity index (χ2n) is 7.63. The van der Waals surface area contributed by atoms with Crippen molar-refractivity contribution in [2.45, 2.75) is 17.4 Å². The fraction of sp³-hybridized carbons (Fsp3) is 0.273. The summed E-state index contributed by atoms with van der Waals surface area (Å²) in [6.45, 7) is 0.332. The number of nitrogens with one attached hydrogen (secondary N) is 2. The molecule has 0 spiro atoms. The molecule has 2 aromatic carbocycles. The standard InChI is InChI=1S/C22H23BrN4O5S/c23-15-6-7-17-16(12-15)20(19(26-17)21(24)28)33(30,31)27-10-11-32-18(13-27)22(29)25-9-8-14-4-2-1-3-5-14/h1-7,12,18,26H,8-11,13H2,(H2,24,28)(H,25,29). The van der Waals surface area contributed by atoms with E-state index < -0.39 is 22.0 Å². The summed E-state index contributed by atoms with van der Waals surface area (Å²) in [5, 5.41) is 3.14. The number of carbonyl (C=O) groups is 2. The lowest BCUT2D eigenvalue weighted by molar-refractivity contribution is -0.136. The molecular formula is C22H23BrN4O5S. The summed E-state index contributed by atoms with van der Waals surface area (Å²) in [5.41, 5.74) is 6.82. The predicted molar refractivity (Wildman–Crippen MR) is 126 cm³/mol. The Kier molecular flexibility index (Phi) is 6.84. The zero-order valence-electron chi connectivity index (χ0n) is 17.6. The van der Waals surface area contributed by atoms with E-state index in [2.05, 4.69) is 26.2 Å².